The molecule has 0 spiro atoms. The number of allylic oxidation sites excluding steroid dienone is 3. The highest BCUT2D eigenvalue weighted by Gasteiger charge is 2.56. The summed E-state index contributed by atoms with van der Waals surface area (Å²) in [5.74, 6) is 0.118. The standard InChI is InChI=1S/C11H16F3NO2/c1-7-5-8(17-2)3-4-9(7)10(16,6-15)11(12,13)14/h3-4,7,16H,5-6,15H2,1-2H3. The van der Waals surface area contributed by atoms with Crippen molar-refractivity contribution in [2.45, 2.75) is 25.1 Å². The number of ether oxygens (including phenoxy) is 1. The molecule has 17 heavy (non-hydrogen) atoms. The maximum absolute atomic E-state index is 12.8. The smallest absolute Gasteiger partial charge is 0.422 e. The van der Waals surface area contributed by atoms with Crippen molar-refractivity contribution < 1.29 is 23.0 Å². The second kappa shape index (κ2) is 4.70. The quantitative estimate of drug-likeness (QED) is 0.803. The Morgan fingerprint density at radius 2 is 2.06 bits per heavy atom. The molecule has 0 saturated carbocycles. The number of hydrogen-bond acceptors (Lipinski definition) is 3. The molecule has 6 heteroatoms. The number of methoxy groups -OCH3 is 1. The molecule has 0 saturated heterocycles. The van der Waals surface area contributed by atoms with E-state index in [2.05, 4.69) is 0 Å². The van der Waals surface area contributed by atoms with Crippen LogP contribution in [-0.4, -0.2) is 30.5 Å². The van der Waals surface area contributed by atoms with Crippen LogP contribution < -0.4 is 5.73 Å². The minimum absolute atomic E-state index is 0.117. The molecule has 1 aliphatic carbocycles. The molecule has 0 amide bonds. The van der Waals surface area contributed by atoms with Gasteiger partial charge in [-0.15, -0.1) is 0 Å². The van der Waals surface area contributed by atoms with Gasteiger partial charge in [0.15, 0.2) is 5.60 Å². The normalized spacial score (nSPS) is 24.8. The summed E-state index contributed by atoms with van der Waals surface area (Å²) in [6, 6.07) is 0. The van der Waals surface area contributed by atoms with E-state index in [-0.39, 0.29) is 5.57 Å². The maximum atomic E-state index is 12.8. The zero-order valence-corrected chi connectivity index (χ0v) is 9.71. The zero-order valence-electron chi connectivity index (χ0n) is 9.71. The van der Waals surface area contributed by atoms with Gasteiger partial charge in [0.1, 0.15) is 0 Å². The maximum Gasteiger partial charge on any atom is 0.422 e. The van der Waals surface area contributed by atoms with Crippen LogP contribution in [0.3, 0.4) is 0 Å². The number of alkyl halides is 3. The third-order valence-electron chi connectivity index (χ3n) is 2.99. The molecule has 98 valence electrons. The Hall–Kier alpha value is -1.01. The zero-order chi connectivity index (χ0) is 13.3. The first-order chi connectivity index (χ1) is 7.76. The first-order valence-corrected chi connectivity index (χ1v) is 5.20. The molecule has 0 aromatic rings. The second-order valence-corrected chi connectivity index (χ2v) is 4.13. The summed E-state index contributed by atoms with van der Waals surface area (Å²) >= 11 is 0. The van der Waals surface area contributed by atoms with Crippen molar-refractivity contribution in [2.75, 3.05) is 13.7 Å². The van der Waals surface area contributed by atoms with Crippen LogP contribution in [0.4, 0.5) is 13.2 Å². The highest BCUT2D eigenvalue weighted by molar-refractivity contribution is 5.32. The topological polar surface area (TPSA) is 55.5 Å². The predicted octanol–water partition coefficient (Wildman–Crippen LogP) is 1.74. The Morgan fingerprint density at radius 1 is 1.47 bits per heavy atom. The molecular formula is C11H16F3NO2. The van der Waals surface area contributed by atoms with Gasteiger partial charge < -0.3 is 15.6 Å². The van der Waals surface area contributed by atoms with E-state index in [0.717, 1.165) is 0 Å². The van der Waals surface area contributed by atoms with Crippen molar-refractivity contribution >= 4 is 0 Å². The van der Waals surface area contributed by atoms with E-state index in [1.807, 2.05) is 0 Å². The molecule has 0 aromatic heterocycles. The molecular weight excluding hydrogens is 235 g/mol. The molecule has 0 aromatic carbocycles. The van der Waals surface area contributed by atoms with Crippen LogP contribution in [0.1, 0.15) is 13.3 Å². The van der Waals surface area contributed by atoms with Gasteiger partial charge in [0.25, 0.3) is 0 Å². The van der Waals surface area contributed by atoms with Crippen molar-refractivity contribution in [2.24, 2.45) is 11.7 Å². The highest BCUT2D eigenvalue weighted by atomic mass is 19.4. The van der Waals surface area contributed by atoms with Crippen molar-refractivity contribution in [3.8, 4) is 0 Å². The summed E-state index contributed by atoms with van der Waals surface area (Å²) in [4.78, 5) is 0. The van der Waals surface area contributed by atoms with Gasteiger partial charge in [-0.05, 0) is 17.6 Å². The third kappa shape index (κ3) is 2.47. The average molecular weight is 251 g/mol. The SMILES string of the molecule is COC1=CC=C(C(O)(CN)C(F)(F)F)C(C)C1. The van der Waals surface area contributed by atoms with Gasteiger partial charge in [-0.25, -0.2) is 0 Å². The van der Waals surface area contributed by atoms with Gasteiger partial charge in [0, 0.05) is 13.0 Å². The molecule has 0 aliphatic heterocycles. The monoisotopic (exact) mass is 251 g/mol. The van der Waals surface area contributed by atoms with Crippen molar-refractivity contribution in [3.63, 3.8) is 0 Å². The highest BCUT2D eigenvalue weighted by Crippen LogP contribution is 2.41. The number of aliphatic hydroxyl groups is 1. The van der Waals surface area contributed by atoms with Crippen LogP contribution in [0.25, 0.3) is 0 Å². The van der Waals surface area contributed by atoms with Crippen LogP contribution in [0.15, 0.2) is 23.5 Å². The Bertz CT molecular complexity index is 349. The van der Waals surface area contributed by atoms with E-state index in [0.29, 0.717) is 12.2 Å². The molecule has 0 radical (unpaired) electrons. The molecule has 0 bridgehead atoms. The van der Waals surface area contributed by atoms with Gasteiger partial charge in [0.05, 0.1) is 12.9 Å². The molecule has 3 N–H and O–H groups in total. The van der Waals surface area contributed by atoms with Gasteiger partial charge in [-0.1, -0.05) is 13.0 Å². The lowest BCUT2D eigenvalue weighted by Crippen LogP contribution is -2.54. The largest absolute Gasteiger partial charge is 0.501 e. The van der Waals surface area contributed by atoms with Gasteiger partial charge in [-0.3, -0.25) is 0 Å². The van der Waals surface area contributed by atoms with Crippen LogP contribution in [-0.2, 0) is 4.74 Å². The number of halogens is 3. The Labute approximate surface area is 97.7 Å². The van der Waals surface area contributed by atoms with Gasteiger partial charge >= 0.3 is 6.18 Å². The molecule has 0 fully saturated rings. The third-order valence-corrected chi connectivity index (χ3v) is 2.99. The molecule has 0 heterocycles. The minimum Gasteiger partial charge on any atom is -0.501 e. The second-order valence-electron chi connectivity index (χ2n) is 4.13. The lowest BCUT2D eigenvalue weighted by atomic mass is 9.80. The molecule has 2 atom stereocenters. The van der Waals surface area contributed by atoms with Crippen LogP contribution in [0, 0.1) is 5.92 Å². The summed E-state index contributed by atoms with van der Waals surface area (Å²) < 4.78 is 43.4. The molecule has 3 nitrogen and oxygen atoms in total. The van der Waals surface area contributed by atoms with E-state index >= 15 is 0 Å². The van der Waals surface area contributed by atoms with Crippen molar-refractivity contribution in [1.82, 2.24) is 0 Å². The Kier molecular flexibility index (Phi) is 3.88. The van der Waals surface area contributed by atoms with Gasteiger partial charge in [-0.2, -0.15) is 13.2 Å². The average Bonchev–Trinajstić information content (AvgIpc) is 2.26. The number of hydrogen-bond donors (Lipinski definition) is 2. The number of nitrogens with two attached hydrogens (primary N) is 1. The fourth-order valence-electron chi connectivity index (χ4n) is 1.92. The van der Waals surface area contributed by atoms with Crippen LogP contribution >= 0.6 is 0 Å². The van der Waals surface area contributed by atoms with E-state index in [1.54, 1.807) is 6.92 Å². The molecule has 1 aliphatic rings. The fourth-order valence-corrected chi connectivity index (χ4v) is 1.92. The molecule has 2 unspecified atom stereocenters. The summed E-state index contributed by atoms with van der Waals surface area (Å²) in [5.41, 5.74) is 2.02. The van der Waals surface area contributed by atoms with Crippen LogP contribution in [0.5, 0.6) is 0 Å². The van der Waals surface area contributed by atoms with Crippen molar-refractivity contribution in [1.29, 1.82) is 0 Å². The summed E-state index contributed by atoms with van der Waals surface area (Å²) in [6.07, 6.45) is -1.78. The fraction of sp³-hybridized carbons (Fsp3) is 0.636. The molecule has 1 rings (SSSR count). The van der Waals surface area contributed by atoms with Crippen molar-refractivity contribution in [3.05, 3.63) is 23.5 Å². The summed E-state index contributed by atoms with van der Waals surface area (Å²) in [7, 11) is 1.45. The Morgan fingerprint density at radius 3 is 2.41 bits per heavy atom. The van der Waals surface area contributed by atoms with E-state index in [1.165, 1.54) is 19.3 Å². The first-order valence-electron chi connectivity index (χ1n) is 5.20. The number of rotatable bonds is 3. The van der Waals surface area contributed by atoms with Gasteiger partial charge in [0.2, 0.25) is 0 Å². The van der Waals surface area contributed by atoms with E-state index < -0.39 is 24.2 Å². The minimum atomic E-state index is -4.78. The lowest BCUT2D eigenvalue weighted by molar-refractivity contribution is -0.242. The summed E-state index contributed by atoms with van der Waals surface area (Å²) in [6.45, 7) is 0.715. The summed E-state index contributed by atoms with van der Waals surface area (Å²) in [5, 5.41) is 9.72. The first kappa shape index (κ1) is 14.1. The van der Waals surface area contributed by atoms with E-state index in [4.69, 9.17) is 10.5 Å². The van der Waals surface area contributed by atoms with E-state index in [9.17, 15) is 18.3 Å². The predicted molar refractivity (Wildman–Crippen MR) is 57.0 cm³/mol. The van der Waals surface area contributed by atoms with Crippen LogP contribution in [0.2, 0.25) is 0 Å². The Balaban J connectivity index is 3.14. The lowest BCUT2D eigenvalue weighted by Gasteiger charge is -2.36.